The van der Waals surface area contributed by atoms with Gasteiger partial charge in [0.1, 0.15) is 5.82 Å². The number of hydrogen-bond donors (Lipinski definition) is 1. The van der Waals surface area contributed by atoms with Gasteiger partial charge in [0.2, 0.25) is 0 Å². The van der Waals surface area contributed by atoms with Gasteiger partial charge in [-0.2, -0.15) is 11.3 Å². The van der Waals surface area contributed by atoms with Crippen molar-refractivity contribution >= 4 is 17.2 Å². The third-order valence-electron chi connectivity index (χ3n) is 3.60. The summed E-state index contributed by atoms with van der Waals surface area (Å²) in [4.78, 5) is 7.04. The molecule has 0 bridgehead atoms. The minimum atomic E-state index is 0.767. The average molecular weight is 287 g/mol. The fraction of sp³-hybridized carbons (Fsp3) is 0.438. The zero-order chi connectivity index (χ0) is 13.8. The van der Waals surface area contributed by atoms with Crippen LogP contribution in [0.5, 0.6) is 0 Å². The average Bonchev–Trinajstić information content (AvgIpc) is 3.19. The van der Waals surface area contributed by atoms with Crippen molar-refractivity contribution in [2.45, 2.75) is 38.9 Å². The van der Waals surface area contributed by atoms with Gasteiger partial charge in [0.25, 0.3) is 0 Å². The highest BCUT2D eigenvalue weighted by Gasteiger charge is 2.29. The molecule has 1 aliphatic carbocycles. The van der Waals surface area contributed by atoms with Crippen LogP contribution in [0.2, 0.25) is 0 Å². The molecule has 0 atom stereocenters. The van der Waals surface area contributed by atoms with Gasteiger partial charge in [-0.1, -0.05) is 6.07 Å². The summed E-state index contributed by atoms with van der Waals surface area (Å²) < 4.78 is 0. The first-order valence-corrected chi connectivity index (χ1v) is 8.23. The third-order valence-corrected chi connectivity index (χ3v) is 4.33. The number of thiophene rings is 1. The van der Waals surface area contributed by atoms with Crippen LogP contribution in [-0.4, -0.2) is 22.5 Å². The molecule has 2 heterocycles. The maximum absolute atomic E-state index is 4.46. The summed E-state index contributed by atoms with van der Waals surface area (Å²) in [6.45, 7) is 5.06. The van der Waals surface area contributed by atoms with E-state index in [1.807, 2.05) is 6.20 Å². The molecular weight excluding hydrogens is 266 g/mol. The first-order chi connectivity index (χ1) is 9.85. The van der Waals surface area contributed by atoms with Crippen LogP contribution in [0.15, 0.2) is 35.2 Å². The third kappa shape index (κ3) is 3.58. The van der Waals surface area contributed by atoms with Crippen molar-refractivity contribution < 1.29 is 0 Å². The van der Waals surface area contributed by atoms with Gasteiger partial charge in [-0.15, -0.1) is 0 Å². The maximum atomic E-state index is 4.46. The van der Waals surface area contributed by atoms with E-state index in [2.05, 4.69) is 51.1 Å². The van der Waals surface area contributed by atoms with Crippen molar-refractivity contribution in [1.82, 2.24) is 9.88 Å². The fourth-order valence-electron chi connectivity index (χ4n) is 2.41. The largest absolute Gasteiger partial charge is 0.370 e. The Hall–Kier alpha value is -1.39. The Labute approximate surface area is 124 Å². The van der Waals surface area contributed by atoms with Crippen molar-refractivity contribution in [2.24, 2.45) is 0 Å². The summed E-state index contributed by atoms with van der Waals surface area (Å²) in [5, 5.41) is 7.65. The smallest absolute Gasteiger partial charge is 0.125 e. The second-order valence-corrected chi connectivity index (χ2v) is 6.13. The molecule has 0 radical (unpaired) electrons. The highest BCUT2D eigenvalue weighted by Crippen LogP contribution is 2.30. The Kier molecular flexibility index (Phi) is 4.33. The SMILES string of the molecule is CCNc1ccc(CN(Cc2ccsc2)C2CC2)cn1. The lowest BCUT2D eigenvalue weighted by Crippen LogP contribution is -2.24. The molecular formula is C16H21N3S. The van der Waals surface area contributed by atoms with E-state index < -0.39 is 0 Å². The van der Waals surface area contributed by atoms with Crippen LogP contribution in [0.4, 0.5) is 5.82 Å². The van der Waals surface area contributed by atoms with Crippen molar-refractivity contribution in [1.29, 1.82) is 0 Å². The Bertz CT molecular complexity index is 517. The second-order valence-electron chi connectivity index (χ2n) is 5.35. The van der Waals surface area contributed by atoms with Crippen LogP contribution in [0.3, 0.4) is 0 Å². The lowest BCUT2D eigenvalue weighted by molar-refractivity contribution is 0.246. The molecule has 3 nitrogen and oxygen atoms in total. The number of nitrogens with one attached hydrogen (secondary N) is 1. The summed E-state index contributed by atoms with van der Waals surface area (Å²) in [5.41, 5.74) is 2.73. The molecule has 1 aliphatic rings. The van der Waals surface area contributed by atoms with E-state index in [0.717, 1.165) is 31.5 Å². The molecule has 0 spiro atoms. The summed E-state index contributed by atoms with van der Waals surface area (Å²) in [5.74, 6) is 0.965. The molecule has 3 rings (SSSR count). The van der Waals surface area contributed by atoms with Crippen LogP contribution < -0.4 is 5.32 Å². The molecule has 1 fully saturated rings. The zero-order valence-electron chi connectivity index (χ0n) is 11.9. The quantitative estimate of drug-likeness (QED) is 0.841. The molecule has 1 saturated carbocycles. The molecule has 106 valence electrons. The van der Waals surface area contributed by atoms with E-state index in [-0.39, 0.29) is 0 Å². The topological polar surface area (TPSA) is 28.2 Å². The molecule has 0 aliphatic heterocycles. The van der Waals surface area contributed by atoms with Crippen molar-refractivity contribution in [2.75, 3.05) is 11.9 Å². The van der Waals surface area contributed by atoms with E-state index in [1.165, 1.54) is 24.0 Å². The van der Waals surface area contributed by atoms with E-state index in [0.29, 0.717) is 0 Å². The van der Waals surface area contributed by atoms with Crippen molar-refractivity contribution in [3.63, 3.8) is 0 Å². The lowest BCUT2D eigenvalue weighted by Gasteiger charge is -2.21. The van der Waals surface area contributed by atoms with Gasteiger partial charge >= 0.3 is 0 Å². The highest BCUT2D eigenvalue weighted by molar-refractivity contribution is 7.07. The zero-order valence-corrected chi connectivity index (χ0v) is 12.7. The molecule has 4 heteroatoms. The predicted octanol–water partition coefficient (Wildman–Crippen LogP) is 3.74. The van der Waals surface area contributed by atoms with Crippen LogP contribution >= 0.6 is 11.3 Å². The van der Waals surface area contributed by atoms with Gasteiger partial charge in [0.15, 0.2) is 0 Å². The first-order valence-electron chi connectivity index (χ1n) is 7.29. The molecule has 0 saturated heterocycles. The summed E-state index contributed by atoms with van der Waals surface area (Å²) in [7, 11) is 0. The normalized spacial score (nSPS) is 14.7. The Morgan fingerprint density at radius 2 is 2.10 bits per heavy atom. The number of hydrogen-bond acceptors (Lipinski definition) is 4. The van der Waals surface area contributed by atoms with Crippen molar-refractivity contribution in [3.8, 4) is 0 Å². The number of rotatable bonds is 7. The van der Waals surface area contributed by atoms with Crippen molar-refractivity contribution in [3.05, 3.63) is 46.3 Å². The van der Waals surface area contributed by atoms with Crippen LogP contribution in [0.1, 0.15) is 30.9 Å². The predicted molar refractivity (Wildman–Crippen MR) is 85.0 cm³/mol. The van der Waals surface area contributed by atoms with Gasteiger partial charge < -0.3 is 5.32 Å². The van der Waals surface area contributed by atoms with Crippen LogP contribution in [0, 0.1) is 0 Å². The first kappa shape index (κ1) is 13.6. The standard InChI is InChI=1S/C16H21N3S/c1-2-17-16-6-3-13(9-18-16)10-19(15-4-5-15)11-14-7-8-20-12-14/h3,6-9,12,15H,2,4-5,10-11H2,1H3,(H,17,18). The molecule has 0 aromatic carbocycles. The van der Waals surface area contributed by atoms with Gasteiger partial charge in [-0.05, 0) is 53.8 Å². The second kappa shape index (κ2) is 6.37. The minimum absolute atomic E-state index is 0.767. The van der Waals surface area contributed by atoms with E-state index >= 15 is 0 Å². The van der Waals surface area contributed by atoms with Gasteiger partial charge in [0, 0.05) is 31.9 Å². The van der Waals surface area contributed by atoms with Gasteiger partial charge in [-0.25, -0.2) is 4.98 Å². The monoisotopic (exact) mass is 287 g/mol. The molecule has 0 amide bonds. The van der Waals surface area contributed by atoms with Crippen LogP contribution in [0.25, 0.3) is 0 Å². The molecule has 1 N–H and O–H groups in total. The molecule has 2 aromatic heterocycles. The Morgan fingerprint density at radius 3 is 2.70 bits per heavy atom. The number of pyridine rings is 1. The van der Waals surface area contributed by atoms with E-state index in [4.69, 9.17) is 0 Å². The number of anilines is 1. The number of aromatic nitrogens is 1. The Balaban J connectivity index is 1.63. The maximum Gasteiger partial charge on any atom is 0.125 e. The lowest BCUT2D eigenvalue weighted by atomic mass is 10.2. The summed E-state index contributed by atoms with van der Waals surface area (Å²) >= 11 is 1.78. The summed E-state index contributed by atoms with van der Waals surface area (Å²) in [6, 6.07) is 7.26. The molecule has 20 heavy (non-hydrogen) atoms. The Morgan fingerprint density at radius 1 is 1.25 bits per heavy atom. The van der Waals surface area contributed by atoms with E-state index in [1.54, 1.807) is 11.3 Å². The molecule has 0 unspecified atom stereocenters. The van der Waals surface area contributed by atoms with Crippen LogP contribution in [-0.2, 0) is 13.1 Å². The number of nitrogens with zero attached hydrogens (tertiary/aromatic N) is 2. The summed E-state index contributed by atoms with van der Waals surface area (Å²) in [6.07, 6.45) is 4.68. The molecule has 2 aromatic rings. The van der Waals surface area contributed by atoms with Gasteiger partial charge in [0.05, 0.1) is 0 Å². The fourth-order valence-corrected chi connectivity index (χ4v) is 3.07. The highest BCUT2D eigenvalue weighted by atomic mass is 32.1. The van der Waals surface area contributed by atoms with Gasteiger partial charge in [-0.3, -0.25) is 4.90 Å². The van der Waals surface area contributed by atoms with E-state index in [9.17, 15) is 0 Å². The minimum Gasteiger partial charge on any atom is -0.370 e.